The maximum absolute atomic E-state index is 13.9. The van der Waals surface area contributed by atoms with Crippen LogP contribution in [0.4, 0.5) is 22.4 Å². The number of carbonyl (C=O) groups is 2. The zero-order chi connectivity index (χ0) is 28.0. The van der Waals surface area contributed by atoms with Crippen LogP contribution in [0.15, 0.2) is 22.6 Å². The van der Waals surface area contributed by atoms with Crippen molar-refractivity contribution in [1.82, 2.24) is 20.4 Å². The molecule has 15 heteroatoms. The van der Waals surface area contributed by atoms with E-state index in [1.807, 2.05) is 0 Å². The van der Waals surface area contributed by atoms with Gasteiger partial charge in [0.1, 0.15) is 18.3 Å². The second-order valence-electron chi connectivity index (χ2n) is 9.40. The molecule has 4 atom stereocenters. The number of alkyl halides is 3. The highest BCUT2D eigenvalue weighted by molar-refractivity contribution is 6.30. The van der Waals surface area contributed by atoms with E-state index in [4.69, 9.17) is 25.5 Å². The van der Waals surface area contributed by atoms with Crippen molar-refractivity contribution in [3.8, 4) is 11.8 Å². The monoisotopic (exact) mass is 566 g/mol. The highest BCUT2D eigenvalue weighted by Crippen LogP contribution is 2.33. The van der Waals surface area contributed by atoms with Gasteiger partial charge in [0.25, 0.3) is 12.3 Å². The van der Waals surface area contributed by atoms with Crippen molar-refractivity contribution in [2.75, 3.05) is 19.8 Å². The summed E-state index contributed by atoms with van der Waals surface area (Å²) in [7, 11) is 0. The van der Waals surface area contributed by atoms with Crippen LogP contribution in [0, 0.1) is 5.82 Å². The summed E-state index contributed by atoms with van der Waals surface area (Å²) in [6, 6.07) is 2.36. The number of aromatic nitrogens is 2. The molecule has 0 aliphatic carbocycles. The molecule has 2 unspecified atom stereocenters. The first-order valence-corrected chi connectivity index (χ1v) is 11.9. The maximum Gasteiger partial charge on any atom is 0.417 e. The molecule has 1 aliphatic rings. The second-order valence-corrected chi connectivity index (χ2v) is 9.84. The van der Waals surface area contributed by atoms with Crippen molar-refractivity contribution < 1.29 is 45.8 Å². The fourth-order valence-electron chi connectivity index (χ4n) is 3.52. The number of hydrogen-bond donors (Lipinski definition) is 1. The number of carbonyl (C=O) groups excluding carboxylic acids is 2. The highest BCUT2D eigenvalue weighted by atomic mass is 35.5. The number of hydrogen-bond acceptors (Lipinski definition) is 8. The zero-order valence-electron chi connectivity index (χ0n) is 20.8. The number of halogens is 5. The minimum atomic E-state index is -2.66. The van der Waals surface area contributed by atoms with Gasteiger partial charge in [-0.1, -0.05) is 16.7 Å². The van der Waals surface area contributed by atoms with Gasteiger partial charge in [-0.05, 0) is 51.8 Å². The third-order valence-electron chi connectivity index (χ3n) is 5.18. The van der Waals surface area contributed by atoms with E-state index >= 15 is 0 Å². The van der Waals surface area contributed by atoms with E-state index in [1.165, 1.54) is 17.0 Å². The summed E-state index contributed by atoms with van der Waals surface area (Å²) in [5.41, 5.74) is -0.860. The number of ether oxygens (including phenoxy) is 3. The van der Waals surface area contributed by atoms with Crippen molar-refractivity contribution >= 4 is 23.6 Å². The van der Waals surface area contributed by atoms with Crippen molar-refractivity contribution in [1.29, 1.82) is 0 Å². The van der Waals surface area contributed by atoms with Crippen LogP contribution in [0.3, 0.4) is 0 Å². The molecule has 210 valence electrons. The van der Waals surface area contributed by atoms with Crippen molar-refractivity contribution in [3.63, 3.8) is 0 Å². The number of likely N-dealkylation sites (tertiary alicyclic amines) is 1. The second kappa shape index (κ2) is 12.5. The molecule has 10 nitrogen and oxygen atoms in total. The Bertz CT molecular complexity index is 1120. The molecule has 1 aromatic carbocycles. The Labute approximate surface area is 220 Å². The van der Waals surface area contributed by atoms with Gasteiger partial charge in [0.15, 0.2) is 24.3 Å². The SMILES string of the molecule is CC(C)(C)OC(=O)N1C[C@@H](NC(=O)COc2ccc(Cl)cc2F)CC[C@@H]1c1nnc(OC(F)C(F)CF)o1. The molecule has 0 saturated carbocycles. The molecule has 0 bridgehead atoms. The lowest BCUT2D eigenvalue weighted by Gasteiger charge is -2.38. The molecular formula is C23H27ClF4N4O6. The van der Waals surface area contributed by atoms with Crippen LogP contribution in [0.25, 0.3) is 0 Å². The Kier molecular flexibility index (Phi) is 9.63. The summed E-state index contributed by atoms with van der Waals surface area (Å²) in [5, 5.41) is 10.1. The summed E-state index contributed by atoms with van der Waals surface area (Å²) < 4.78 is 73.3. The number of benzene rings is 1. The van der Waals surface area contributed by atoms with Crippen LogP contribution in [-0.2, 0) is 9.53 Å². The zero-order valence-corrected chi connectivity index (χ0v) is 21.5. The quantitative estimate of drug-likeness (QED) is 0.442. The van der Waals surface area contributed by atoms with Gasteiger partial charge in [0.05, 0.1) is 0 Å². The first kappa shape index (κ1) is 29.3. The predicted molar refractivity (Wildman–Crippen MR) is 124 cm³/mol. The van der Waals surface area contributed by atoms with Gasteiger partial charge >= 0.3 is 12.2 Å². The predicted octanol–water partition coefficient (Wildman–Crippen LogP) is 4.48. The summed E-state index contributed by atoms with van der Waals surface area (Å²) in [6.07, 6.45) is -6.16. The molecule has 2 aromatic rings. The topological polar surface area (TPSA) is 116 Å². The van der Waals surface area contributed by atoms with Gasteiger partial charge in [-0.15, -0.1) is 5.10 Å². The van der Waals surface area contributed by atoms with Crippen molar-refractivity contribution in [2.45, 2.75) is 63.8 Å². The molecule has 1 N–H and O–H groups in total. The van der Waals surface area contributed by atoms with Gasteiger partial charge < -0.3 is 23.9 Å². The molecular weight excluding hydrogens is 540 g/mol. The lowest BCUT2D eigenvalue weighted by molar-refractivity contribution is -0.124. The van der Waals surface area contributed by atoms with Crippen LogP contribution in [0.5, 0.6) is 11.8 Å². The number of nitrogens with one attached hydrogen (secondary N) is 1. The Balaban J connectivity index is 1.67. The molecule has 1 aliphatic heterocycles. The summed E-state index contributed by atoms with van der Waals surface area (Å²) >= 11 is 5.70. The number of piperidine rings is 1. The highest BCUT2D eigenvalue weighted by Gasteiger charge is 2.39. The molecule has 0 spiro atoms. The molecule has 1 aromatic heterocycles. The van der Waals surface area contributed by atoms with E-state index in [-0.39, 0.29) is 29.6 Å². The van der Waals surface area contributed by atoms with Crippen molar-refractivity contribution in [2.24, 2.45) is 0 Å². The van der Waals surface area contributed by atoms with E-state index in [9.17, 15) is 27.2 Å². The van der Waals surface area contributed by atoms with E-state index in [1.54, 1.807) is 20.8 Å². The van der Waals surface area contributed by atoms with Gasteiger partial charge in [0, 0.05) is 17.6 Å². The normalized spacial score (nSPS) is 19.4. The van der Waals surface area contributed by atoms with Crippen LogP contribution in [-0.4, -0.2) is 71.1 Å². The van der Waals surface area contributed by atoms with Crippen LogP contribution in [0.1, 0.15) is 45.5 Å². The van der Waals surface area contributed by atoms with Crippen LogP contribution in [0.2, 0.25) is 5.02 Å². The minimum absolute atomic E-state index is 0.0423. The maximum atomic E-state index is 13.9. The first-order valence-electron chi connectivity index (χ1n) is 11.6. The molecule has 2 heterocycles. The third kappa shape index (κ3) is 8.10. The fourth-order valence-corrected chi connectivity index (χ4v) is 3.67. The lowest BCUT2D eigenvalue weighted by Crippen LogP contribution is -2.52. The van der Waals surface area contributed by atoms with Gasteiger partial charge in [0.2, 0.25) is 5.89 Å². The average molecular weight is 567 g/mol. The Morgan fingerprint density at radius 2 is 2.00 bits per heavy atom. The van der Waals surface area contributed by atoms with Crippen molar-refractivity contribution in [3.05, 3.63) is 34.9 Å². The molecule has 1 saturated heterocycles. The third-order valence-corrected chi connectivity index (χ3v) is 5.42. The van der Waals surface area contributed by atoms with Crippen LogP contribution >= 0.6 is 11.6 Å². The summed E-state index contributed by atoms with van der Waals surface area (Å²) in [4.78, 5) is 26.6. The smallest absolute Gasteiger partial charge is 0.417 e. The average Bonchev–Trinajstić information content (AvgIpc) is 3.30. The van der Waals surface area contributed by atoms with Gasteiger partial charge in [-0.25, -0.2) is 18.0 Å². The minimum Gasteiger partial charge on any atom is -0.481 e. The molecule has 2 amide bonds. The Hall–Kier alpha value is -3.29. The fraction of sp³-hybridized carbons (Fsp3) is 0.565. The van der Waals surface area contributed by atoms with Gasteiger partial charge in [-0.2, -0.15) is 4.39 Å². The number of rotatable bonds is 9. The lowest BCUT2D eigenvalue weighted by atomic mass is 9.98. The largest absolute Gasteiger partial charge is 0.481 e. The summed E-state index contributed by atoms with van der Waals surface area (Å²) in [6.45, 7) is 2.84. The van der Waals surface area contributed by atoms with E-state index in [2.05, 4.69) is 20.3 Å². The van der Waals surface area contributed by atoms with E-state index in [0.717, 1.165) is 6.07 Å². The van der Waals surface area contributed by atoms with E-state index < -0.39 is 67.4 Å². The molecule has 38 heavy (non-hydrogen) atoms. The summed E-state index contributed by atoms with van der Waals surface area (Å²) in [5.74, 6) is -1.60. The molecule has 3 rings (SSSR count). The molecule has 0 radical (unpaired) electrons. The van der Waals surface area contributed by atoms with E-state index in [0.29, 0.717) is 6.42 Å². The van der Waals surface area contributed by atoms with Crippen LogP contribution < -0.4 is 14.8 Å². The number of amides is 2. The molecule has 1 fully saturated rings. The number of nitrogens with zero attached hydrogens (tertiary/aromatic N) is 3. The Morgan fingerprint density at radius 3 is 2.66 bits per heavy atom. The first-order chi connectivity index (χ1) is 17.9. The Morgan fingerprint density at radius 1 is 1.26 bits per heavy atom. The standard InChI is InChI=1S/C23H27ClF4N4O6/c1-23(2,3)38-22(34)32-10-13(29-18(33)11-35-17-7-4-12(24)8-14(17)26)5-6-16(32)20-30-31-21(37-20)36-19(28)15(27)9-25/h4,7-8,13,15-16,19H,5-6,9-11H2,1-3H3,(H,29,33)/t13-,15?,16+,19?/m0/s1. The van der Waals surface area contributed by atoms with Gasteiger partial charge in [-0.3, -0.25) is 9.69 Å².